The SMILES string of the molecule is COc1ccc(CCNc2ccc(C#N)cc2Cl)cc1. The van der Waals surface area contributed by atoms with Crippen LogP contribution in [0.4, 0.5) is 5.69 Å². The number of anilines is 1. The van der Waals surface area contributed by atoms with Crippen LogP contribution in [-0.4, -0.2) is 13.7 Å². The van der Waals surface area contributed by atoms with Gasteiger partial charge in [-0.15, -0.1) is 0 Å². The second-order valence-electron chi connectivity index (χ2n) is 4.33. The molecule has 0 aromatic heterocycles. The number of benzene rings is 2. The second kappa shape index (κ2) is 6.83. The fourth-order valence-electron chi connectivity index (χ4n) is 1.86. The highest BCUT2D eigenvalue weighted by atomic mass is 35.5. The van der Waals surface area contributed by atoms with Gasteiger partial charge in [-0.3, -0.25) is 0 Å². The average molecular weight is 287 g/mol. The molecule has 0 saturated heterocycles. The standard InChI is InChI=1S/C16H15ClN2O/c1-20-14-5-2-12(3-6-14)8-9-19-16-7-4-13(11-18)10-15(16)17/h2-7,10,19H,8-9H2,1H3. The van der Waals surface area contributed by atoms with Crippen molar-refractivity contribution in [3.05, 3.63) is 58.6 Å². The van der Waals surface area contributed by atoms with Crippen LogP contribution in [0.3, 0.4) is 0 Å². The summed E-state index contributed by atoms with van der Waals surface area (Å²) in [5.41, 5.74) is 2.64. The van der Waals surface area contributed by atoms with E-state index in [-0.39, 0.29) is 0 Å². The molecule has 0 amide bonds. The Bertz CT molecular complexity index is 617. The number of methoxy groups -OCH3 is 1. The van der Waals surface area contributed by atoms with E-state index < -0.39 is 0 Å². The molecule has 102 valence electrons. The normalized spacial score (nSPS) is 9.85. The Balaban J connectivity index is 1.91. The number of nitrogens with one attached hydrogen (secondary N) is 1. The van der Waals surface area contributed by atoms with Gasteiger partial charge in [-0.2, -0.15) is 5.26 Å². The Kier molecular flexibility index (Phi) is 4.86. The number of halogens is 1. The highest BCUT2D eigenvalue weighted by molar-refractivity contribution is 6.33. The van der Waals surface area contributed by atoms with Gasteiger partial charge in [-0.1, -0.05) is 23.7 Å². The van der Waals surface area contributed by atoms with Crippen molar-refractivity contribution < 1.29 is 4.74 Å². The Labute approximate surface area is 123 Å². The lowest BCUT2D eigenvalue weighted by atomic mass is 10.1. The van der Waals surface area contributed by atoms with E-state index in [0.717, 1.165) is 24.4 Å². The molecule has 0 fully saturated rings. The zero-order valence-electron chi connectivity index (χ0n) is 11.2. The molecule has 0 spiro atoms. The van der Waals surface area contributed by atoms with Gasteiger partial charge in [0.25, 0.3) is 0 Å². The molecule has 0 aliphatic carbocycles. The third-order valence-corrected chi connectivity index (χ3v) is 3.30. The summed E-state index contributed by atoms with van der Waals surface area (Å²) in [5, 5.41) is 12.6. The Morgan fingerprint density at radius 1 is 1.20 bits per heavy atom. The summed E-state index contributed by atoms with van der Waals surface area (Å²) in [6.45, 7) is 0.776. The number of nitrogens with zero attached hydrogens (tertiary/aromatic N) is 1. The van der Waals surface area contributed by atoms with E-state index in [9.17, 15) is 0 Å². The van der Waals surface area contributed by atoms with Crippen LogP contribution in [0.15, 0.2) is 42.5 Å². The molecular formula is C16H15ClN2O. The summed E-state index contributed by atoms with van der Waals surface area (Å²) in [5.74, 6) is 0.858. The van der Waals surface area contributed by atoms with Crippen LogP contribution in [0.5, 0.6) is 5.75 Å². The molecule has 2 rings (SSSR count). The van der Waals surface area contributed by atoms with E-state index in [1.807, 2.05) is 30.3 Å². The molecule has 2 aromatic rings. The van der Waals surface area contributed by atoms with E-state index in [1.165, 1.54) is 5.56 Å². The summed E-state index contributed by atoms with van der Waals surface area (Å²) in [6.07, 6.45) is 0.889. The molecule has 0 saturated carbocycles. The lowest BCUT2D eigenvalue weighted by molar-refractivity contribution is 0.414. The van der Waals surface area contributed by atoms with Crippen LogP contribution in [-0.2, 0) is 6.42 Å². The Hall–Kier alpha value is -2.18. The van der Waals surface area contributed by atoms with Crippen LogP contribution in [0, 0.1) is 11.3 Å². The maximum atomic E-state index is 8.78. The highest BCUT2D eigenvalue weighted by Crippen LogP contribution is 2.22. The Morgan fingerprint density at radius 2 is 1.95 bits per heavy atom. The quantitative estimate of drug-likeness (QED) is 0.907. The highest BCUT2D eigenvalue weighted by Gasteiger charge is 2.01. The van der Waals surface area contributed by atoms with Gasteiger partial charge in [0.05, 0.1) is 29.5 Å². The monoisotopic (exact) mass is 286 g/mol. The molecule has 0 aliphatic heterocycles. The molecule has 0 bridgehead atoms. The van der Waals surface area contributed by atoms with Crippen molar-refractivity contribution >= 4 is 17.3 Å². The molecule has 0 radical (unpaired) electrons. The van der Waals surface area contributed by atoms with E-state index >= 15 is 0 Å². The third-order valence-electron chi connectivity index (χ3n) is 2.99. The minimum absolute atomic E-state index is 0.565. The number of hydrogen-bond donors (Lipinski definition) is 1. The van der Waals surface area contributed by atoms with Crippen LogP contribution in [0.2, 0.25) is 5.02 Å². The predicted molar refractivity (Wildman–Crippen MR) is 81.4 cm³/mol. The minimum Gasteiger partial charge on any atom is -0.497 e. The zero-order valence-corrected chi connectivity index (χ0v) is 11.9. The van der Waals surface area contributed by atoms with Crippen molar-refractivity contribution in [1.29, 1.82) is 5.26 Å². The summed E-state index contributed by atoms with van der Waals surface area (Å²) in [4.78, 5) is 0. The van der Waals surface area contributed by atoms with Gasteiger partial charge in [-0.25, -0.2) is 0 Å². The lowest BCUT2D eigenvalue weighted by Crippen LogP contribution is -2.05. The number of hydrogen-bond acceptors (Lipinski definition) is 3. The first-order valence-electron chi connectivity index (χ1n) is 6.29. The fraction of sp³-hybridized carbons (Fsp3) is 0.188. The smallest absolute Gasteiger partial charge is 0.118 e. The summed E-state index contributed by atoms with van der Waals surface area (Å²) in [7, 11) is 1.66. The molecular weight excluding hydrogens is 272 g/mol. The summed E-state index contributed by atoms with van der Waals surface area (Å²) < 4.78 is 5.12. The van der Waals surface area contributed by atoms with Crippen molar-refractivity contribution in [2.45, 2.75) is 6.42 Å². The van der Waals surface area contributed by atoms with Crippen LogP contribution < -0.4 is 10.1 Å². The second-order valence-corrected chi connectivity index (χ2v) is 4.74. The topological polar surface area (TPSA) is 45.0 Å². The number of rotatable bonds is 5. The molecule has 0 atom stereocenters. The van der Waals surface area contributed by atoms with Gasteiger partial charge in [-0.05, 0) is 42.3 Å². The van der Waals surface area contributed by atoms with Crippen LogP contribution >= 0.6 is 11.6 Å². The first-order valence-corrected chi connectivity index (χ1v) is 6.67. The first kappa shape index (κ1) is 14.2. The van der Waals surface area contributed by atoms with Crippen molar-refractivity contribution in [3.8, 4) is 11.8 Å². The van der Waals surface area contributed by atoms with Crippen molar-refractivity contribution in [2.24, 2.45) is 0 Å². The van der Waals surface area contributed by atoms with Crippen molar-refractivity contribution in [3.63, 3.8) is 0 Å². The van der Waals surface area contributed by atoms with Gasteiger partial charge < -0.3 is 10.1 Å². The van der Waals surface area contributed by atoms with Gasteiger partial charge in [0.15, 0.2) is 0 Å². The molecule has 4 heteroatoms. The summed E-state index contributed by atoms with van der Waals surface area (Å²) in [6, 6.07) is 15.3. The van der Waals surface area contributed by atoms with E-state index in [4.69, 9.17) is 21.6 Å². The van der Waals surface area contributed by atoms with E-state index in [1.54, 1.807) is 19.2 Å². The molecule has 0 aliphatic rings. The lowest BCUT2D eigenvalue weighted by Gasteiger charge is -2.09. The molecule has 0 unspecified atom stereocenters. The van der Waals surface area contributed by atoms with Gasteiger partial charge in [0, 0.05) is 6.54 Å². The predicted octanol–water partition coefficient (Wildman–Crippen LogP) is 3.87. The van der Waals surface area contributed by atoms with Crippen molar-refractivity contribution in [2.75, 3.05) is 19.0 Å². The summed E-state index contributed by atoms with van der Waals surface area (Å²) >= 11 is 6.10. The van der Waals surface area contributed by atoms with Gasteiger partial charge >= 0.3 is 0 Å². The molecule has 20 heavy (non-hydrogen) atoms. The maximum Gasteiger partial charge on any atom is 0.118 e. The number of ether oxygens (including phenoxy) is 1. The minimum atomic E-state index is 0.565. The van der Waals surface area contributed by atoms with E-state index in [2.05, 4.69) is 11.4 Å². The molecule has 2 aromatic carbocycles. The Morgan fingerprint density at radius 3 is 2.55 bits per heavy atom. The molecule has 0 heterocycles. The van der Waals surface area contributed by atoms with Crippen LogP contribution in [0.1, 0.15) is 11.1 Å². The maximum absolute atomic E-state index is 8.78. The largest absolute Gasteiger partial charge is 0.497 e. The molecule has 3 nitrogen and oxygen atoms in total. The average Bonchev–Trinajstić information content (AvgIpc) is 2.49. The zero-order chi connectivity index (χ0) is 14.4. The van der Waals surface area contributed by atoms with Gasteiger partial charge in [0.1, 0.15) is 5.75 Å². The molecule has 1 N–H and O–H groups in total. The van der Waals surface area contributed by atoms with Crippen molar-refractivity contribution in [1.82, 2.24) is 0 Å². The van der Waals surface area contributed by atoms with E-state index in [0.29, 0.717) is 10.6 Å². The van der Waals surface area contributed by atoms with Crippen LogP contribution in [0.25, 0.3) is 0 Å². The van der Waals surface area contributed by atoms with Gasteiger partial charge in [0.2, 0.25) is 0 Å². The number of nitriles is 1. The first-order chi connectivity index (χ1) is 9.72. The third kappa shape index (κ3) is 3.66. The fourth-order valence-corrected chi connectivity index (χ4v) is 2.11.